The molecule has 8 heteroatoms. The number of aryl methyl sites for hydroxylation is 2. The number of anilines is 1. The fourth-order valence-corrected chi connectivity index (χ4v) is 6.53. The minimum atomic E-state index is -4.14. The van der Waals surface area contributed by atoms with Crippen LogP contribution in [0, 0.1) is 13.8 Å². The van der Waals surface area contributed by atoms with Crippen molar-refractivity contribution >= 4 is 27.5 Å². The molecule has 0 bridgehead atoms. The van der Waals surface area contributed by atoms with Gasteiger partial charge in [-0.2, -0.15) is 0 Å². The third-order valence-electron chi connectivity index (χ3n) is 7.69. The normalized spacial score (nSPS) is 12.0. The molecular weight excluding hydrogens is 570 g/mol. The number of nitrogens with zero attached hydrogens (tertiary/aromatic N) is 2. The maximum absolute atomic E-state index is 14.4. The van der Waals surface area contributed by atoms with Gasteiger partial charge in [-0.1, -0.05) is 104 Å². The molecule has 0 unspecified atom stereocenters. The van der Waals surface area contributed by atoms with Crippen LogP contribution in [0.5, 0.6) is 0 Å². The van der Waals surface area contributed by atoms with Crippen LogP contribution in [-0.4, -0.2) is 44.8 Å². The number of nitrogens with one attached hydrogen (secondary N) is 1. The van der Waals surface area contributed by atoms with E-state index in [1.807, 2.05) is 80.6 Å². The van der Waals surface area contributed by atoms with Crippen LogP contribution in [-0.2, 0) is 32.6 Å². The third-order valence-corrected chi connectivity index (χ3v) is 9.48. The van der Waals surface area contributed by atoms with Gasteiger partial charge < -0.3 is 10.2 Å². The van der Waals surface area contributed by atoms with E-state index in [2.05, 4.69) is 19.2 Å². The number of likely N-dealkylation sites (N-methyl/N-ethyl adjacent to an activating group) is 1. The largest absolute Gasteiger partial charge is 0.357 e. The van der Waals surface area contributed by atoms with Gasteiger partial charge in [0.2, 0.25) is 11.8 Å². The number of carbonyl (C=O) groups excluding carboxylic acids is 2. The number of hydrogen-bond acceptors (Lipinski definition) is 4. The molecule has 4 rings (SSSR count). The van der Waals surface area contributed by atoms with E-state index in [-0.39, 0.29) is 29.7 Å². The summed E-state index contributed by atoms with van der Waals surface area (Å²) in [5, 5.41) is 2.72. The summed E-state index contributed by atoms with van der Waals surface area (Å²) in [6.45, 7) is 7.63. The molecule has 0 aromatic heterocycles. The Bertz CT molecular complexity index is 1670. The lowest BCUT2D eigenvalue weighted by Gasteiger charge is -2.33. The van der Waals surface area contributed by atoms with E-state index in [4.69, 9.17) is 0 Å². The first-order chi connectivity index (χ1) is 21.0. The van der Waals surface area contributed by atoms with E-state index < -0.39 is 28.5 Å². The standard InChI is InChI=1S/C36H41N3O4S/c1-26(2)31-16-18-32(19-17-31)39(44(42,43)33-20-14-27(3)15-21-33)25-35(40)38(24-30-13-9-10-28(4)22-30)34(36(41)37-5)23-29-11-7-6-8-12-29/h6-22,26,34H,23-25H2,1-5H3,(H,37,41)/t34-/m1/s1. The summed E-state index contributed by atoms with van der Waals surface area (Å²) in [6, 6.07) is 30.2. The second-order valence-corrected chi connectivity index (χ2v) is 13.3. The second-order valence-electron chi connectivity index (χ2n) is 11.4. The maximum Gasteiger partial charge on any atom is 0.264 e. The Kier molecular flexibility index (Phi) is 10.6. The summed E-state index contributed by atoms with van der Waals surface area (Å²) in [6.07, 6.45) is 0.270. The zero-order valence-corrected chi connectivity index (χ0v) is 26.8. The Hall–Kier alpha value is -4.43. The number of sulfonamides is 1. The Morgan fingerprint density at radius 1 is 0.773 bits per heavy atom. The molecule has 7 nitrogen and oxygen atoms in total. The zero-order valence-electron chi connectivity index (χ0n) is 26.0. The lowest BCUT2D eigenvalue weighted by Crippen LogP contribution is -2.53. The van der Waals surface area contributed by atoms with Gasteiger partial charge in [0.1, 0.15) is 12.6 Å². The lowest BCUT2D eigenvalue weighted by molar-refractivity contribution is -0.139. The summed E-state index contributed by atoms with van der Waals surface area (Å²) < 4.78 is 29.5. The molecule has 1 N–H and O–H groups in total. The van der Waals surface area contributed by atoms with Gasteiger partial charge in [0.05, 0.1) is 10.6 Å². The van der Waals surface area contributed by atoms with E-state index in [1.165, 1.54) is 4.90 Å². The molecule has 0 saturated carbocycles. The molecular formula is C36H41N3O4S. The van der Waals surface area contributed by atoms with Crippen LogP contribution in [0.3, 0.4) is 0 Å². The van der Waals surface area contributed by atoms with E-state index in [0.29, 0.717) is 5.69 Å². The van der Waals surface area contributed by atoms with Gasteiger partial charge in [-0.3, -0.25) is 13.9 Å². The highest BCUT2D eigenvalue weighted by atomic mass is 32.2. The number of hydrogen-bond donors (Lipinski definition) is 1. The van der Waals surface area contributed by atoms with Gasteiger partial charge in [0.25, 0.3) is 10.0 Å². The Balaban J connectivity index is 1.79. The Morgan fingerprint density at radius 3 is 2.00 bits per heavy atom. The van der Waals surface area contributed by atoms with E-state index in [9.17, 15) is 18.0 Å². The van der Waals surface area contributed by atoms with Crippen molar-refractivity contribution in [2.45, 2.75) is 57.5 Å². The smallest absolute Gasteiger partial charge is 0.264 e. The molecule has 44 heavy (non-hydrogen) atoms. The summed E-state index contributed by atoms with van der Waals surface area (Å²) in [5.74, 6) is -0.562. The summed E-state index contributed by atoms with van der Waals surface area (Å²) in [7, 11) is -2.60. The quantitative estimate of drug-likeness (QED) is 0.213. The predicted molar refractivity (Wildman–Crippen MR) is 176 cm³/mol. The monoisotopic (exact) mass is 611 g/mol. The molecule has 0 aliphatic heterocycles. The van der Waals surface area contributed by atoms with Crippen LogP contribution >= 0.6 is 0 Å². The molecule has 1 atom stereocenters. The van der Waals surface area contributed by atoms with Crippen LogP contribution in [0.4, 0.5) is 5.69 Å². The van der Waals surface area contributed by atoms with Crippen LogP contribution in [0.2, 0.25) is 0 Å². The number of benzene rings is 4. The van der Waals surface area contributed by atoms with Crippen LogP contribution in [0.25, 0.3) is 0 Å². The zero-order chi connectivity index (χ0) is 31.9. The van der Waals surface area contributed by atoms with Crippen molar-refractivity contribution < 1.29 is 18.0 Å². The summed E-state index contributed by atoms with van der Waals surface area (Å²) in [5.41, 5.74) is 5.09. The molecule has 2 amide bonds. The topological polar surface area (TPSA) is 86.8 Å². The van der Waals surface area contributed by atoms with Crippen molar-refractivity contribution in [3.05, 3.63) is 131 Å². The van der Waals surface area contributed by atoms with Crippen LogP contribution in [0.15, 0.2) is 108 Å². The SMILES string of the molecule is CNC(=O)[C@@H](Cc1ccccc1)N(Cc1cccc(C)c1)C(=O)CN(c1ccc(C(C)C)cc1)S(=O)(=O)c1ccc(C)cc1. The molecule has 0 saturated heterocycles. The summed E-state index contributed by atoms with van der Waals surface area (Å²) in [4.78, 5) is 29.4. The molecule has 0 fully saturated rings. The first-order valence-corrected chi connectivity index (χ1v) is 16.2. The van der Waals surface area contributed by atoms with E-state index in [0.717, 1.165) is 32.1 Å². The van der Waals surface area contributed by atoms with Crippen LogP contribution in [0.1, 0.15) is 47.6 Å². The van der Waals surface area contributed by atoms with Crippen molar-refractivity contribution in [3.8, 4) is 0 Å². The molecule has 0 aliphatic rings. The van der Waals surface area contributed by atoms with Crippen molar-refractivity contribution in [1.29, 1.82) is 0 Å². The van der Waals surface area contributed by atoms with Crippen molar-refractivity contribution in [2.75, 3.05) is 17.9 Å². The average Bonchev–Trinajstić information content (AvgIpc) is 3.01. The van der Waals surface area contributed by atoms with Crippen LogP contribution < -0.4 is 9.62 Å². The molecule has 0 spiro atoms. The second kappa shape index (κ2) is 14.4. The van der Waals surface area contributed by atoms with Gasteiger partial charge in [0, 0.05) is 20.0 Å². The molecule has 0 radical (unpaired) electrons. The molecule has 230 valence electrons. The first kappa shape index (κ1) is 32.5. The maximum atomic E-state index is 14.4. The fourth-order valence-electron chi connectivity index (χ4n) is 5.12. The van der Waals surface area contributed by atoms with Gasteiger partial charge in [-0.25, -0.2) is 8.42 Å². The van der Waals surface area contributed by atoms with Crippen molar-refractivity contribution in [3.63, 3.8) is 0 Å². The minimum absolute atomic E-state index is 0.0845. The fraction of sp³-hybridized carbons (Fsp3) is 0.278. The number of amides is 2. The first-order valence-electron chi connectivity index (χ1n) is 14.8. The van der Waals surface area contributed by atoms with Gasteiger partial charge in [-0.15, -0.1) is 0 Å². The van der Waals surface area contributed by atoms with Crippen molar-refractivity contribution in [2.24, 2.45) is 0 Å². The molecule has 0 heterocycles. The molecule has 4 aromatic rings. The molecule has 4 aromatic carbocycles. The number of carbonyl (C=O) groups is 2. The molecule has 0 aliphatic carbocycles. The number of rotatable bonds is 12. The highest BCUT2D eigenvalue weighted by Crippen LogP contribution is 2.27. The highest BCUT2D eigenvalue weighted by molar-refractivity contribution is 7.92. The van der Waals surface area contributed by atoms with E-state index in [1.54, 1.807) is 43.4 Å². The van der Waals surface area contributed by atoms with Gasteiger partial charge >= 0.3 is 0 Å². The minimum Gasteiger partial charge on any atom is -0.357 e. The summed E-state index contributed by atoms with van der Waals surface area (Å²) >= 11 is 0. The third kappa shape index (κ3) is 7.94. The van der Waals surface area contributed by atoms with Gasteiger partial charge in [0.15, 0.2) is 0 Å². The average molecular weight is 612 g/mol. The highest BCUT2D eigenvalue weighted by Gasteiger charge is 2.34. The van der Waals surface area contributed by atoms with E-state index >= 15 is 0 Å². The Morgan fingerprint density at radius 2 is 1.41 bits per heavy atom. The lowest BCUT2D eigenvalue weighted by atomic mass is 10.0. The Labute approximate surface area is 261 Å². The van der Waals surface area contributed by atoms with Crippen molar-refractivity contribution in [1.82, 2.24) is 10.2 Å². The van der Waals surface area contributed by atoms with Gasteiger partial charge in [-0.05, 0) is 60.7 Å². The predicted octanol–water partition coefficient (Wildman–Crippen LogP) is 6.01.